The number of halogens is 1. The van der Waals surface area contributed by atoms with Gasteiger partial charge in [-0.2, -0.15) is 0 Å². The van der Waals surface area contributed by atoms with Crippen LogP contribution in [0.25, 0.3) is 5.76 Å². The first kappa shape index (κ1) is 19.6. The van der Waals surface area contributed by atoms with Crippen LogP contribution in [0.2, 0.25) is 0 Å². The van der Waals surface area contributed by atoms with Crippen LogP contribution in [0.15, 0.2) is 90.5 Å². The van der Waals surface area contributed by atoms with Gasteiger partial charge in [0.05, 0.1) is 11.6 Å². The highest BCUT2D eigenvalue weighted by molar-refractivity contribution is 6.46. The van der Waals surface area contributed by atoms with Crippen LogP contribution in [0, 0.1) is 5.82 Å². The highest BCUT2D eigenvalue weighted by atomic mass is 19.1. The molecule has 1 fully saturated rings. The van der Waals surface area contributed by atoms with Gasteiger partial charge in [-0.15, -0.1) is 0 Å². The third kappa shape index (κ3) is 3.74. The van der Waals surface area contributed by atoms with E-state index in [2.05, 4.69) is 0 Å². The molecule has 30 heavy (non-hydrogen) atoms. The van der Waals surface area contributed by atoms with Crippen LogP contribution in [0.4, 0.5) is 4.39 Å². The first-order chi connectivity index (χ1) is 14.6. The number of benzene rings is 3. The monoisotopic (exact) mass is 401 g/mol. The van der Waals surface area contributed by atoms with E-state index in [1.54, 1.807) is 36.4 Å². The summed E-state index contributed by atoms with van der Waals surface area (Å²) in [7, 11) is 0. The maximum absolute atomic E-state index is 14.0. The zero-order valence-corrected chi connectivity index (χ0v) is 16.2. The van der Waals surface area contributed by atoms with Crippen molar-refractivity contribution in [2.75, 3.05) is 6.54 Å². The first-order valence-electron chi connectivity index (χ1n) is 9.69. The second kappa shape index (κ2) is 8.33. The molecule has 0 bridgehead atoms. The lowest BCUT2D eigenvalue weighted by molar-refractivity contribution is -0.139. The van der Waals surface area contributed by atoms with Crippen LogP contribution < -0.4 is 0 Å². The molecular weight excluding hydrogens is 381 g/mol. The summed E-state index contributed by atoms with van der Waals surface area (Å²) in [4.78, 5) is 27.2. The molecule has 0 aromatic heterocycles. The second-order valence-corrected chi connectivity index (χ2v) is 7.15. The maximum Gasteiger partial charge on any atom is 0.295 e. The van der Waals surface area contributed by atoms with Gasteiger partial charge in [0.2, 0.25) is 0 Å². The Labute approximate surface area is 173 Å². The summed E-state index contributed by atoms with van der Waals surface area (Å²) in [5.41, 5.74) is 1.87. The summed E-state index contributed by atoms with van der Waals surface area (Å²) in [6.07, 6.45) is 0.533. The van der Waals surface area contributed by atoms with Crippen molar-refractivity contribution >= 4 is 17.4 Å². The molecule has 4 nitrogen and oxygen atoms in total. The SMILES string of the molecule is O=C1C(=O)N(CCc2ccccc2)C(c2cccc(F)c2)/C1=C(/O)c1ccccc1. The van der Waals surface area contributed by atoms with Crippen LogP contribution in [0.5, 0.6) is 0 Å². The molecule has 1 N–H and O–H groups in total. The number of carbonyl (C=O) groups is 2. The minimum atomic E-state index is -0.857. The topological polar surface area (TPSA) is 57.6 Å². The lowest BCUT2D eigenvalue weighted by atomic mass is 9.95. The number of carbonyl (C=O) groups excluding carboxylic acids is 2. The molecule has 3 aromatic carbocycles. The van der Waals surface area contributed by atoms with E-state index in [1.165, 1.54) is 23.1 Å². The number of Topliss-reactive ketones (excluding diaryl/α,β-unsaturated/α-hetero) is 1. The average molecular weight is 401 g/mol. The smallest absolute Gasteiger partial charge is 0.295 e. The number of ketones is 1. The lowest BCUT2D eigenvalue weighted by Crippen LogP contribution is -2.31. The normalized spacial score (nSPS) is 18.0. The average Bonchev–Trinajstić information content (AvgIpc) is 3.03. The standard InChI is InChI=1S/C25H20FNO3/c26-20-13-7-12-19(16-20)22-21(23(28)18-10-5-2-6-11-18)24(29)25(30)27(22)15-14-17-8-3-1-4-9-17/h1-13,16,22,28H,14-15H2/b23-21-. The number of rotatable bonds is 5. The summed E-state index contributed by atoms with van der Waals surface area (Å²) < 4.78 is 14.0. The minimum Gasteiger partial charge on any atom is -0.507 e. The number of hydrogen-bond donors (Lipinski definition) is 1. The Morgan fingerprint density at radius 3 is 2.23 bits per heavy atom. The Bertz CT molecular complexity index is 1110. The molecule has 0 saturated carbocycles. The molecule has 5 heteroatoms. The maximum atomic E-state index is 14.0. The molecule has 0 spiro atoms. The first-order valence-corrected chi connectivity index (χ1v) is 9.69. The Balaban J connectivity index is 1.79. The van der Waals surface area contributed by atoms with Crippen LogP contribution in [0.1, 0.15) is 22.7 Å². The molecule has 1 atom stereocenters. The van der Waals surface area contributed by atoms with Crippen LogP contribution in [0.3, 0.4) is 0 Å². The van der Waals surface area contributed by atoms with Gasteiger partial charge in [0.1, 0.15) is 11.6 Å². The predicted molar refractivity (Wildman–Crippen MR) is 112 cm³/mol. The molecule has 0 aliphatic carbocycles. The van der Waals surface area contributed by atoms with Crippen molar-refractivity contribution in [3.8, 4) is 0 Å². The zero-order valence-electron chi connectivity index (χ0n) is 16.2. The van der Waals surface area contributed by atoms with Gasteiger partial charge in [-0.3, -0.25) is 9.59 Å². The quantitative estimate of drug-likeness (QED) is 0.389. The summed E-state index contributed by atoms with van der Waals surface area (Å²) in [5, 5.41) is 10.9. The Hall–Kier alpha value is -3.73. The lowest BCUT2D eigenvalue weighted by Gasteiger charge is -2.25. The molecule has 4 rings (SSSR count). The van der Waals surface area contributed by atoms with E-state index in [1.807, 2.05) is 30.3 Å². The van der Waals surface area contributed by atoms with E-state index in [0.717, 1.165) is 5.56 Å². The fraction of sp³-hybridized carbons (Fsp3) is 0.120. The molecular formula is C25H20FNO3. The van der Waals surface area contributed by atoms with Crippen molar-refractivity contribution in [3.05, 3.63) is 113 Å². The molecule has 1 aliphatic rings. The fourth-order valence-corrected chi connectivity index (χ4v) is 3.78. The highest BCUT2D eigenvalue weighted by Crippen LogP contribution is 2.39. The van der Waals surface area contributed by atoms with E-state index < -0.39 is 23.5 Å². The van der Waals surface area contributed by atoms with Crippen LogP contribution in [-0.2, 0) is 16.0 Å². The summed E-state index contributed by atoms with van der Waals surface area (Å²) in [6, 6.07) is 23.1. The molecule has 0 radical (unpaired) electrons. The van der Waals surface area contributed by atoms with Crippen molar-refractivity contribution in [2.24, 2.45) is 0 Å². The molecule has 1 saturated heterocycles. The van der Waals surface area contributed by atoms with Gasteiger partial charge in [0.15, 0.2) is 0 Å². The Morgan fingerprint density at radius 1 is 0.900 bits per heavy atom. The number of nitrogens with zero attached hydrogens (tertiary/aromatic N) is 1. The van der Waals surface area contributed by atoms with Gasteiger partial charge in [-0.1, -0.05) is 72.8 Å². The minimum absolute atomic E-state index is 0.0233. The molecule has 1 amide bonds. The molecule has 3 aromatic rings. The highest BCUT2D eigenvalue weighted by Gasteiger charge is 2.45. The predicted octanol–water partition coefficient (Wildman–Crippen LogP) is 4.49. The van der Waals surface area contributed by atoms with Gasteiger partial charge in [-0.05, 0) is 29.7 Å². The Morgan fingerprint density at radius 2 is 1.57 bits per heavy atom. The number of amides is 1. The van der Waals surface area contributed by atoms with Gasteiger partial charge in [-0.25, -0.2) is 4.39 Å². The Kier molecular flexibility index (Phi) is 5.44. The van der Waals surface area contributed by atoms with E-state index in [0.29, 0.717) is 17.5 Å². The van der Waals surface area contributed by atoms with Gasteiger partial charge in [0, 0.05) is 12.1 Å². The van der Waals surface area contributed by atoms with E-state index in [9.17, 15) is 19.1 Å². The number of aliphatic hydroxyl groups is 1. The zero-order chi connectivity index (χ0) is 21.1. The van der Waals surface area contributed by atoms with Gasteiger partial charge in [0.25, 0.3) is 11.7 Å². The van der Waals surface area contributed by atoms with Crippen molar-refractivity contribution in [1.29, 1.82) is 0 Å². The number of aliphatic hydroxyl groups excluding tert-OH is 1. The van der Waals surface area contributed by atoms with Crippen LogP contribution >= 0.6 is 0 Å². The van der Waals surface area contributed by atoms with Crippen molar-refractivity contribution < 1.29 is 19.1 Å². The molecule has 1 unspecified atom stereocenters. The molecule has 150 valence electrons. The fourth-order valence-electron chi connectivity index (χ4n) is 3.78. The summed E-state index contributed by atoms with van der Waals surface area (Å²) in [6.45, 7) is 0.265. The number of likely N-dealkylation sites (tertiary alicyclic amines) is 1. The number of hydrogen-bond acceptors (Lipinski definition) is 3. The van der Waals surface area contributed by atoms with Gasteiger partial charge >= 0.3 is 0 Å². The summed E-state index contributed by atoms with van der Waals surface area (Å²) >= 11 is 0. The van der Waals surface area contributed by atoms with E-state index >= 15 is 0 Å². The largest absolute Gasteiger partial charge is 0.507 e. The van der Waals surface area contributed by atoms with E-state index in [4.69, 9.17) is 0 Å². The molecule has 1 aliphatic heterocycles. The van der Waals surface area contributed by atoms with E-state index in [-0.39, 0.29) is 17.9 Å². The third-order valence-corrected chi connectivity index (χ3v) is 5.24. The van der Waals surface area contributed by atoms with Crippen molar-refractivity contribution in [1.82, 2.24) is 4.90 Å². The second-order valence-electron chi connectivity index (χ2n) is 7.15. The van der Waals surface area contributed by atoms with Gasteiger partial charge < -0.3 is 10.0 Å². The molecule has 1 heterocycles. The van der Waals surface area contributed by atoms with Crippen molar-refractivity contribution in [3.63, 3.8) is 0 Å². The van der Waals surface area contributed by atoms with Crippen molar-refractivity contribution in [2.45, 2.75) is 12.5 Å². The van der Waals surface area contributed by atoms with Crippen LogP contribution in [-0.4, -0.2) is 28.2 Å². The third-order valence-electron chi connectivity index (χ3n) is 5.24. The summed E-state index contributed by atoms with van der Waals surface area (Å²) in [5.74, 6) is -2.19.